The molecule has 2 aromatic rings. The van der Waals surface area contributed by atoms with Crippen LogP contribution in [0.3, 0.4) is 0 Å². The van der Waals surface area contributed by atoms with Gasteiger partial charge >= 0.3 is 0 Å². The lowest BCUT2D eigenvalue weighted by atomic mass is 10.0. The van der Waals surface area contributed by atoms with Crippen LogP contribution in [0.5, 0.6) is 0 Å². The number of carbonyl (C=O) groups is 1. The first-order chi connectivity index (χ1) is 11.3. The van der Waals surface area contributed by atoms with Crippen LogP contribution in [0.1, 0.15) is 28.8 Å². The third-order valence-corrected chi connectivity index (χ3v) is 6.17. The van der Waals surface area contributed by atoms with Gasteiger partial charge in [-0.1, -0.05) is 25.1 Å². The largest absolute Gasteiger partial charge is 0.307 e. The van der Waals surface area contributed by atoms with E-state index in [1.165, 1.54) is 26.2 Å². The summed E-state index contributed by atoms with van der Waals surface area (Å²) < 4.78 is 25.4. The second kappa shape index (κ2) is 6.03. The van der Waals surface area contributed by atoms with Crippen LogP contribution in [-0.2, 0) is 10.0 Å². The molecule has 1 unspecified atom stereocenters. The second-order valence-corrected chi connectivity index (χ2v) is 8.34. The van der Waals surface area contributed by atoms with Crippen LogP contribution in [0.4, 0.5) is 5.69 Å². The number of amides is 1. The van der Waals surface area contributed by atoms with E-state index in [-0.39, 0.29) is 10.8 Å². The first-order valence-corrected chi connectivity index (χ1v) is 9.20. The molecule has 126 valence electrons. The van der Waals surface area contributed by atoms with Crippen molar-refractivity contribution in [3.63, 3.8) is 0 Å². The third-order valence-electron chi connectivity index (χ3n) is 4.34. The summed E-state index contributed by atoms with van der Waals surface area (Å²) in [5.74, 6) is 0.180. The summed E-state index contributed by atoms with van der Waals surface area (Å²) in [6, 6.07) is 14.0. The summed E-state index contributed by atoms with van der Waals surface area (Å²) in [4.78, 5) is 14.8. The SMILES string of the molecule is CC1CN(C(=O)c2ccc(S(=O)(=O)N(C)C)cc2)c2ccccc21. The van der Waals surface area contributed by atoms with Gasteiger partial charge in [-0.15, -0.1) is 0 Å². The first kappa shape index (κ1) is 16.7. The third kappa shape index (κ3) is 2.72. The molecule has 0 aromatic heterocycles. The van der Waals surface area contributed by atoms with Crippen LogP contribution in [0.15, 0.2) is 53.4 Å². The Hall–Kier alpha value is -2.18. The Labute approximate surface area is 142 Å². The van der Waals surface area contributed by atoms with Crippen molar-refractivity contribution >= 4 is 21.6 Å². The predicted molar refractivity (Wildman–Crippen MR) is 93.8 cm³/mol. The fourth-order valence-corrected chi connectivity index (χ4v) is 3.85. The maximum absolute atomic E-state index is 12.8. The number of sulfonamides is 1. The van der Waals surface area contributed by atoms with Crippen LogP contribution in [0.2, 0.25) is 0 Å². The summed E-state index contributed by atoms with van der Waals surface area (Å²) in [6.45, 7) is 2.73. The Bertz CT molecular complexity index is 873. The zero-order valence-corrected chi connectivity index (χ0v) is 14.7. The fourth-order valence-electron chi connectivity index (χ4n) is 2.95. The average Bonchev–Trinajstić information content (AvgIpc) is 2.91. The van der Waals surface area contributed by atoms with Crippen molar-refractivity contribution < 1.29 is 13.2 Å². The van der Waals surface area contributed by atoms with Gasteiger partial charge in [-0.2, -0.15) is 0 Å². The van der Waals surface area contributed by atoms with Crippen LogP contribution in [-0.4, -0.2) is 39.3 Å². The number of benzene rings is 2. The topological polar surface area (TPSA) is 57.7 Å². The summed E-state index contributed by atoms with van der Waals surface area (Å²) in [7, 11) is -0.521. The van der Waals surface area contributed by atoms with Gasteiger partial charge in [-0.05, 0) is 35.9 Å². The van der Waals surface area contributed by atoms with E-state index < -0.39 is 10.0 Å². The van der Waals surface area contributed by atoms with Crippen molar-refractivity contribution in [3.05, 3.63) is 59.7 Å². The van der Waals surface area contributed by atoms with Crippen molar-refractivity contribution in [1.29, 1.82) is 0 Å². The molecule has 1 atom stereocenters. The molecule has 0 radical (unpaired) electrons. The maximum atomic E-state index is 12.8. The minimum atomic E-state index is -3.49. The second-order valence-electron chi connectivity index (χ2n) is 6.19. The molecule has 0 saturated carbocycles. The summed E-state index contributed by atoms with van der Waals surface area (Å²) >= 11 is 0. The molecule has 0 bridgehead atoms. The molecular weight excluding hydrogens is 324 g/mol. The molecule has 24 heavy (non-hydrogen) atoms. The molecule has 1 amide bonds. The van der Waals surface area contributed by atoms with E-state index in [4.69, 9.17) is 0 Å². The number of carbonyl (C=O) groups excluding carboxylic acids is 1. The highest BCUT2D eigenvalue weighted by atomic mass is 32.2. The van der Waals surface area contributed by atoms with E-state index in [1.54, 1.807) is 17.0 Å². The highest BCUT2D eigenvalue weighted by Gasteiger charge is 2.30. The van der Waals surface area contributed by atoms with Crippen molar-refractivity contribution in [3.8, 4) is 0 Å². The first-order valence-electron chi connectivity index (χ1n) is 7.76. The van der Waals surface area contributed by atoms with Crippen molar-refractivity contribution in [2.45, 2.75) is 17.7 Å². The minimum Gasteiger partial charge on any atom is -0.307 e. The molecule has 3 rings (SSSR count). The van der Waals surface area contributed by atoms with Gasteiger partial charge in [0.2, 0.25) is 10.0 Å². The van der Waals surface area contributed by atoms with Crippen molar-refractivity contribution in [2.24, 2.45) is 0 Å². The summed E-state index contributed by atoms with van der Waals surface area (Å²) in [6.07, 6.45) is 0. The lowest BCUT2D eigenvalue weighted by Gasteiger charge is -2.18. The van der Waals surface area contributed by atoms with Crippen LogP contribution < -0.4 is 4.90 Å². The molecule has 5 nitrogen and oxygen atoms in total. The van der Waals surface area contributed by atoms with Gasteiger partial charge in [-0.25, -0.2) is 12.7 Å². The Morgan fingerprint density at radius 3 is 2.33 bits per heavy atom. The number of para-hydroxylation sites is 1. The Balaban J connectivity index is 1.90. The van der Waals surface area contributed by atoms with E-state index >= 15 is 0 Å². The minimum absolute atomic E-state index is 0.111. The van der Waals surface area contributed by atoms with Gasteiger partial charge in [0.1, 0.15) is 0 Å². The van der Waals surface area contributed by atoms with E-state index in [9.17, 15) is 13.2 Å². The summed E-state index contributed by atoms with van der Waals surface area (Å²) in [5, 5.41) is 0. The highest BCUT2D eigenvalue weighted by molar-refractivity contribution is 7.89. The number of hydrogen-bond donors (Lipinski definition) is 0. The van der Waals surface area contributed by atoms with Crippen LogP contribution in [0, 0.1) is 0 Å². The molecule has 1 aliphatic heterocycles. The lowest BCUT2D eigenvalue weighted by Crippen LogP contribution is -2.29. The molecule has 1 aliphatic rings. The fraction of sp³-hybridized carbons (Fsp3) is 0.278. The van der Waals surface area contributed by atoms with E-state index in [0.717, 1.165) is 15.6 Å². The quantitative estimate of drug-likeness (QED) is 0.860. The van der Waals surface area contributed by atoms with Crippen LogP contribution in [0.25, 0.3) is 0 Å². The number of anilines is 1. The average molecular weight is 344 g/mol. The molecule has 0 N–H and O–H groups in total. The lowest BCUT2D eigenvalue weighted by molar-refractivity contribution is 0.0988. The molecule has 0 fully saturated rings. The Morgan fingerprint density at radius 1 is 1.08 bits per heavy atom. The van der Waals surface area contributed by atoms with Gasteiger partial charge in [0, 0.05) is 37.8 Å². The molecular formula is C18H20N2O3S. The Kier molecular flexibility index (Phi) is 4.19. The molecule has 2 aromatic carbocycles. The van der Waals surface area contributed by atoms with Gasteiger partial charge in [0.25, 0.3) is 5.91 Å². The van der Waals surface area contributed by atoms with Crippen molar-refractivity contribution in [1.82, 2.24) is 4.31 Å². The zero-order chi connectivity index (χ0) is 17.5. The van der Waals surface area contributed by atoms with Gasteiger partial charge in [0.15, 0.2) is 0 Å². The molecule has 0 spiro atoms. The van der Waals surface area contributed by atoms with E-state index in [0.29, 0.717) is 18.0 Å². The maximum Gasteiger partial charge on any atom is 0.258 e. The standard InChI is InChI=1S/C18H20N2O3S/c1-13-12-20(17-7-5-4-6-16(13)17)18(21)14-8-10-15(11-9-14)24(22,23)19(2)3/h4-11,13H,12H2,1-3H3. The van der Waals surface area contributed by atoms with Crippen molar-refractivity contribution in [2.75, 3.05) is 25.5 Å². The molecule has 0 aliphatic carbocycles. The number of fused-ring (bicyclic) bond motifs is 1. The molecule has 6 heteroatoms. The van der Waals surface area contributed by atoms with Crippen LogP contribution >= 0.6 is 0 Å². The predicted octanol–water partition coefficient (Wildman–Crippen LogP) is 2.70. The smallest absolute Gasteiger partial charge is 0.258 e. The van der Waals surface area contributed by atoms with E-state index in [1.807, 2.05) is 24.3 Å². The van der Waals surface area contributed by atoms with Gasteiger partial charge in [0.05, 0.1) is 4.90 Å². The highest BCUT2D eigenvalue weighted by Crippen LogP contribution is 2.36. The summed E-state index contributed by atoms with van der Waals surface area (Å²) in [5.41, 5.74) is 2.58. The normalized spacial score (nSPS) is 17.2. The van der Waals surface area contributed by atoms with Gasteiger partial charge < -0.3 is 4.90 Å². The molecule has 1 heterocycles. The van der Waals surface area contributed by atoms with E-state index in [2.05, 4.69) is 6.92 Å². The zero-order valence-electron chi connectivity index (χ0n) is 13.9. The van der Waals surface area contributed by atoms with Gasteiger partial charge in [-0.3, -0.25) is 4.79 Å². The molecule has 0 saturated heterocycles. The number of hydrogen-bond acceptors (Lipinski definition) is 3. The monoisotopic (exact) mass is 344 g/mol. The Morgan fingerprint density at radius 2 is 1.71 bits per heavy atom. The number of nitrogens with zero attached hydrogens (tertiary/aromatic N) is 2. The number of rotatable bonds is 3.